The number of rotatable bonds is 6. The van der Waals surface area contributed by atoms with Crippen LogP contribution in [-0.4, -0.2) is 20.9 Å². The second kappa shape index (κ2) is 7.26. The van der Waals surface area contributed by atoms with E-state index in [9.17, 15) is 13.2 Å². The maximum atomic E-state index is 12.3. The Bertz CT molecular complexity index is 803. The van der Waals surface area contributed by atoms with E-state index in [1.165, 1.54) is 18.2 Å². The first-order valence-corrected chi connectivity index (χ1v) is 8.62. The van der Waals surface area contributed by atoms with Crippen LogP contribution in [0.3, 0.4) is 0 Å². The number of carbonyl (C=O) groups is 1. The number of hydrogen-bond acceptors (Lipinski definition) is 4. The molecule has 2 aromatic rings. The van der Waals surface area contributed by atoms with Crippen LogP contribution in [0.25, 0.3) is 0 Å². The Kier molecular flexibility index (Phi) is 5.36. The summed E-state index contributed by atoms with van der Waals surface area (Å²) in [5.74, 6) is 0.247. The van der Waals surface area contributed by atoms with Crippen LogP contribution in [0.1, 0.15) is 23.7 Å². The fourth-order valence-corrected chi connectivity index (χ4v) is 2.46. The minimum absolute atomic E-state index is 0.0599. The van der Waals surface area contributed by atoms with Crippen molar-refractivity contribution in [3.8, 4) is 5.75 Å². The smallest absolute Gasteiger partial charge is 0.255 e. The van der Waals surface area contributed by atoms with E-state index in [0.29, 0.717) is 23.6 Å². The van der Waals surface area contributed by atoms with Crippen LogP contribution in [0.5, 0.6) is 5.75 Å². The zero-order valence-corrected chi connectivity index (χ0v) is 13.5. The third kappa shape index (κ3) is 4.80. The number of anilines is 1. The number of benzene rings is 2. The number of ether oxygens (including phenoxy) is 1. The first-order valence-electron chi connectivity index (χ1n) is 7.07. The molecule has 0 bridgehead atoms. The summed E-state index contributed by atoms with van der Waals surface area (Å²) in [5.41, 5.74) is 0.765. The molecule has 0 radical (unpaired) electrons. The summed E-state index contributed by atoms with van der Waals surface area (Å²) in [7, 11) is -3.81. The third-order valence-corrected chi connectivity index (χ3v) is 3.90. The van der Waals surface area contributed by atoms with E-state index in [1.54, 1.807) is 30.3 Å². The normalized spacial score (nSPS) is 11.0. The first kappa shape index (κ1) is 17.0. The lowest BCUT2D eigenvalue weighted by molar-refractivity contribution is 0.102. The minimum atomic E-state index is -3.81. The van der Waals surface area contributed by atoms with E-state index < -0.39 is 10.0 Å². The van der Waals surface area contributed by atoms with Gasteiger partial charge in [0.05, 0.1) is 11.5 Å². The van der Waals surface area contributed by atoms with Gasteiger partial charge in [0.1, 0.15) is 5.75 Å². The second-order valence-corrected chi connectivity index (χ2v) is 6.46. The summed E-state index contributed by atoms with van der Waals surface area (Å²) >= 11 is 0. The van der Waals surface area contributed by atoms with Crippen LogP contribution in [-0.2, 0) is 10.0 Å². The predicted molar refractivity (Wildman–Crippen MR) is 88.0 cm³/mol. The maximum absolute atomic E-state index is 12.3. The van der Waals surface area contributed by atoms with Gasteiger partial charge in [0.2, 0.25) is 10.0 Å². The van der Waals surface area contributed by atoms with Crippen LogP contribution in [0.15, 0.2) is 53.4 Å². The number of carbonyl (C=O) groups excluding carboxylic acids is 1. The van der Waals surface area contributed by atoms with E-state index in [0.717, 1.165) is 6.42 Å². The second-order valence-electron chi connectivity index (χ2n) is 4.90. The van der Waals surface area contributed by atoms with E-state index in [2.05, 4.69) is 5.32 Å². The highest BCUT2D eigenvalue weighted by Crippen LogP contribution is 2.17. The molecule has 0 atom stereocenters. The molecule has 23 heavy (non-hydrogen) atoms. The van der Waals surface area contributed by atoms with Gasteiger partial charge in [-0.25, -0.2) is 13.6 Å². The summed E-state index contributed by atoms with van der Waals surface area (Å²) in [4.78, 5) is 12.2. The molecule has 0 saturated heterocycles. The van der Waals surface area contributed by atoms with Gasteiger partial charge in [0.25, 0.3) is 5.91 Å². The summed E-state index contributed by atoms with van der Waals surface area (Å²) < 4.78 is 28.2. The molecule has 0 heterocycles. The fraction of sp³-hybridized carbons (Fsp3) is 0.188. The van der Waals surface area contributed by atoms with Crippen molar-refractivity contribution in [3.63, 3.8) is 0 Å². The summed E-state index contributed by atoms with van der Waals surface area (Å²) in [5, 5.41) is 7.72. The summed E-state index contributed by atoms with van der Waals surface area (Å²) in [6, 6.07) is 12.6. The molecule has 0 saturated carbocycles. The minimum Gasteiger partial charge on any atom is -0.494 e. The summed E-state index contributed by atoms with van der Waals surface area (Å²) in [6.07, 6.45) is 0.872. The molecular weight excluding hydrogens is 316 g/mol. The van der Waals surface area contributed by atoms with Gasteiger partial charge in [-0.05, 0) is 42.8 Å². The Balaban J connectivity index is 2.16. The Hall–Kier alpha value is -2.38. The number of nitrogens with one attached hydrogen (secondary N) is 1. The average molecular weight is 334 g/mol. The molecule has 0 fully saturated rings. The molecule has 6 nitrogen and oxygen atoms in total. The standard InChI is InChI=1S/C16H18N2O4S/c1-2-9-22-14-7-3-5-12(10-14)16(19)18-13-6-4-8-15(11-13)23(17,20)21/h3-8,10-11H,2,9H2,1H3,(H,18,19)(H2,17,20,21). The molecule has 0 aliphatic heterocycles. The lowest BCUT2D eigenvalue weighted by Gasteiger charge is -2.09. The van der Waals surface area contributed by atoms with Crippen molar-refractivity contribution >= 4 is 21.6 Å². The lowest BCUT2D eigenvalue weighted by atomic mass is 10.2. The van der Waals surface area contributed by atoms with Crippen molar-refractivity contribution < 1.29 is 17.9 Å². The largest absolute Gasteiger partial charge is 0.494 e. The van der Waals surface area contributed by atoms with Crippen molar-refractivity contribution in [2.24, 2.45) is 5.14 Å². The molecule has 0 unspecified atom stereocenters. The third-order valence-electron chi connectivity index (χ3n) is 2.99. The van der Waals surface area contributed by atoms with Crippen molar-refractivity contribution in [1.29, 1.82) is 0 Å². The molecular formula is C16H18N2O4S. The van der Waals surface area contributed by atoms with E-state index in [-0.39, 0.29) is 10.8 Å². The van der Waals surface area contributed by atoms with Crippen LogP contribution in [0.4, 0.5) is 5.69 Å². The number of amides is 1. The van der Waals surface area contributed by atoms with Gasteiger partial charge < -0.3 is 10.1 Å². The highest BCUT2D eigenvalue weighted by molar-refractivity contribution is 7.89. The van der Waals surface area contributed by atoms with Gasteiger partial charge in [0.15, 0.2) is 0 Å². The molecule has 2 rings (SSSR count). The highest BCUT2D eigenvalue weighted by Gasteiger charge is 2.11. The molecule has 0 aromatic heterocycles. The Morgan fingerprint density at radius 3 is 2.61 bits per heavy atom. The van der Waals surface area contributed by atoms with E-state index in [4.69, 9.17) is 9.88 Å². The number of sulfonamides is 1. The predicted octanol–water partition coefficient (Wildman–Crippen LogP) is 2.38. The van der Waals surface area contributed by atoms with Crippen LogP contribution < -0.4 is 15.2 Å². The molecule has 3 N–H and O–H groups in total. The molecule has 0 aliphatic carbocycles. The molecule has 7 heteroatoms. The fourth-order valence-electron chi connectivity index (χ4n) is 1.90. The van der Waals surface area contributed by atoms with Gasteiger partial charge in [-0.2, -0.15) is 0 Å². The monoisotopic (exact) mass is 334 g/mol. The Morgan fingerprint density at radius 2 is 1.91 bits per heavy atom. The zero-order valence-electron chi connectivity index (χ0n) is 12.7. The van der Waals surface area contributed by atoms with E-state index in [1.807, 2.05) is 6.92 Å². The Labute approximate surface area is 135 Å². The van der Waals surface area contributed by atoms with Gasteiger partial charge in [0, 0.05) is 11.3 Å². The zero-order chi connectivity index (χ0) is 16.9. The SMILES string of the molecule is CCCOc1cccc(C(=O)Nc2cccc(S(N)(=O)=O)c2)c1. The quantitative estimate of drug-likeness (QED) is 0.847. The van der Waals surface area contributed by atoms with Crippen molar-refractivity contribution in [3.05, 3.63) is 54.1 Å². The molecule has 0 aliphatic rings. The van der Waals surface area contributed by atoms with Crippen molar-refractivity contribution in [1.82, 2.24) is 0 Å². The van der Waals surface area contributed by atoms with Crippen molar-refractivity contribution in [2.45, 2.75) is 18.2 Å². The van der Waals surface area contributed by atoms with Crippen LogP contribution in [0, 0.1) is 0 Å². The number of hydrogen-bond donors (Lipinski definition) is 2. The van der Waals surface area contributed by atoms with Gasteiger partial charge in [-0.1, -0.05) is 19.1 Å². The topological polar surface area (TPSA) is 98.5 Å². The number of nitrogens with two attached hydrogens (primary N) is 1. The summed E-state index contributed by atoms with van der Waals surface area (Å²) in [6.45, 7) is 2.57. The van der Waals surface area contributed by atoms with Crippen LogP contribution >= 0.6 is 0 Å². The molecule has 0 spiro atoms. The van der Waals surface area contributed by atoms with E-state index >= 15 is 0 Å². The van der Waals surface area contributed by atoms with Crippen molar-refractivity contribution in [2.75, 3.05) is 11.9 Å². The highest BCUT2D eigenvalue weighted by atomic mass is 32.2. The number of primary sulfonamides is 1. The van der Waals surface area contributed by atoms with Gasteiger partial charge >= 0.3 is 0 Å². The Morgan fingerprint density at radius 1 is 1.17 bits per heavy atom. The molecule has 2 aromatic carbocycles. The van der Waals surface area contributed by atoms with Gasteiger partial charge in [-0.15, -0.1) is 0 Å². The lowest BCUT2D eigenvalue weighted by Crippen LogP contribution is -2.15. The van der Waals surface area contributed by atoms with Crippen LogP contribution in [0.2, 0.25) is 0 Å². The van der Waals surface area contributed by atoms with Gasteiger partial charge in [-0.3, -0.25) is 4.79 Å². The maximum Gasteiger partial charge on any atom is 0.255 e. The molecule has 122 valence electrons. The first-order chi connectivity index (χ1) is 10.9. The molecule has 1 amide bonds. The average Bonchev–Trinajstić information content (AvgIpc) is 2.52.